The topological polar surface area (TPSA) is 134 Å². The molecule has 3 aliphatic carbocycles. The number of fused-ring (bicyclic) bond motifs is 5. The summed E-state index contributed by atoms with van der Waals surface area (Å²) >= 11 is 7.02. The van der Waals surface area contributed by atoms with Crippen molar-refractivity contribution >= 4 is 39.9 Å². The van der Waals surface area contributed by atoms with Crippen molar-refractivity contribution in [3.8, 4) is 0 Å². The van der Waals surface area contributed by atoms with Gasteiger partial charge in [-0.2, -0.15) is 0 Å². The fourth-order valence-corrected chi connectivity index (χ4v) is 8.74. The van der Waals surface area contributed by atoms with Crippen LogP contribution in [0.3, 0.4) is 0 Å². The fourth-order valence-electron chi connectivity index (χ4n) is 7.78. The summed E-state index contributed by atoms with van der Waals surface area (Å²) in [5.41, 5.74) is -5.66. The molecule has 7 unspecified atom stereocenters. The molecular formula is C29H36Ac2O8S2. The molecule has 5 rings (SSSR count). The van der Waals surface area contributed by atoms with Crippen LogP contribution in [0.1, 0.15) is 50.9 Å². The molecule has 8 nitrogen and oxygen atoms in total. The van der Waals surface area contributed by atoms with E-state index < -0.39 is 70.0 Å². The van der Waals surface area contributed by atoms with Crippen LogP contribution < -0.4 is 0 Å². The Hall–Kier alpha value is 1.22. The molecule has 12 heteroatoms. The summed E-state index contributed by atoms with van der Waals surface area (Å²) in [6, 6.07) is 8.28. The second-order valence-electron chi connectivity index (χ2n) is 12.2. The van der Waals surface area contributed by atoms with Crippen molar-refractivity contribution in [3.05, 3.63) is 47.0 Å². The number of benzene rings is 1. The number of thioether (sulfide) groups is 1. The Bertz CT molecular complexity index is 1260. The summed E-state index contributed by atoms with van der Waals surface area (Å²) in [5.74, 6) is -3.15. The summed E-state index contributed by atoms with van der Waals surface area (Å²) in [5, 5.41) is 47.6. The summed E-state index contributed by atoms with van der Waals surface area (Å²) in [4.78, 5) is 28.1. The molecule has 218 valence electrons. The molecule has 1 aromatic carbocycles. The van der Waals surface area contributed by atoms with Crippen molar-refractivity contribution in [2.24, 2.45) is 22.7 Å². The molecule has 0 amide bonds. The number of carbonyl (C=O) groups excluding carboxylic acids is 2. The van der Waals surface area contributed by atoms with E-state index in [4.69, 9.17) is 21.7 Å². The number of Topliss-reactive ketones (excluding diaryl/α,β-unsaturated/α-hetero) is 1. The van der Waals surface area contributed by atoms with E-state index in [9.17, 15) is 30.0 Å². The van der Waals surface area contributed by atoms with Crippen LogP contribution in [0.5, 0.6) is 0 Å². The maximum absolute atomic E-state index is 14.5. The normalized spacial score (nSPS) is 40.8. The number of hydrogen-bond acceptors (Lipinski definition) is 10. The molecule has 1 aliphatic heterocycles. The van der Waals surface area contributed by atoms with Crippen molar-refractivity contribution in [2.75, 3.05) is 12.9 Å². The monoisotopic (exact) mass is 1030 g/mol. The van der Waals surface area contributed by atoms with E-state index in [0.717, 1.165) is 0 Å². The number of thiocarbonyl (C=S) groups is 1. The SMILES string of the molecule is CSC(=S)[C@H]1CC2OCC2(O)C2C(OC(=O)c3ccccc3)C3(O)CC(O)C(C)=C(C(O)C(=O)[C@@]21C)C3(C)C.[Ac].[Ac]. The van der Waals surface area contributed by atoms with E-state index in [1.807, 2.05) is 0 Å². The standard InChI is InChI=1S/C29H36O8S2.2Ac/c1-14-17(30)12-29(35)23(37-24(33)15-9-7-6-8-10-15)21-27(4,22(32)20(31)19(14)26(29,2)3)16(25(38)39-5)11-18-28(21,34)13-36-18;;/h6-10,16-18,20-21,23,30-31,34-35H,11-13H2,1-5H3;;/t16-,17?,18?,20?,21?,23?,27-,28?,29?;;/m1../s1. The van der Waals surface area contributed by atoms with Crippen LogP contribution in [0, 0.1) is 111 Å². The van der Waals surface area contributed by atoms with Gasteiger partial charge >= 0.3 is 5.97 Å². The van der Waals surface area contributed by atoms with Crippen LogP contribution in [0.25, 0.3) is 0 Å². The molecule has 3 fully saturated rings. The van der Waals surface area contributed by atoms with Gasteiger partial charge in [-0.1, -0.05) is 51.2 Å². The predicted molar refractivity (Wildman–Crippen MR) is 149 cm³/mol. The zero-order valence-corrected chi connectivity index (χ0v) is 35.0. The first kappa shape index (κ1) is 36.7. The molecule has 1 heterocycles. The first-order chi connectivity index (χ1) is 18.2. The quantitative estimate of drug-likeness (QED) is 0.204. The first-order valence-corrected chi connectivity index (χ1v) is 14.8. The fraction of sp³-hybridized carbons (Fsp3) is 0.621. The van der Waals surface area contributed by atoms with Crippen molar-refractivity contribution in [1.82, 2.24) is 0 Å². The van der Waals surface area contributed by atoms with Gasteiger partial charge in [-0.05, 0) is 42.9 Å². The van der Waals surface area contributed by atoms with E-state index >= 15 is 0 Å². The zero-order valence-electron chi connectivity index (χ0n) is 23.9. The number of aliphatic hydroxyl groups is 4. The van der Waals surface area contributed by atoms with Gasteiger partial charge in [-0.25, -0.2) is 4.79 Å². The van der Waals surface area contributed by atoms with Gasteiger partial charge in [0.25, 0.3) is 0 Å². The van der Waals surface area contributed by atoms with E-state index in [1.54, 1.807) is 64.3 Å². The zero-order chi connectivity index (χ0) is 28.7. The van der Waals surface area contributed by atoms with Crippen LogP contribution in [-0.4, -0.2) is 84.9 Å². The van der Waals surface area contributed by atoms with Gasteiger partial charge < -0.3 is 29.9 Å². The molecule has 41 heavy (non-hydrogen) atoms. The van der Waals surface area contributed by atoms with Gasteiger partial charge in [-0.15, -0.1) is 11.8 Å². The van der Waals surface area contributed by atoms with Crippen LogP contribution in [0.4, 0.5) is 0 Å². The molecule has 1 aromatic rings. The molecule has 0 spiro atoms. The van der Waals surface area contributed by atoms with E-state index in [-0.39, 0.29) is 119 Å². The molecular weight excluding hydrogens is 994 g/mol. The molecule has 4 N–H and O–H groups in total. The summed E-state index contributed by atoms with van der Waals surface area (Å²) < 4.78 is 12.5. The van der Waals surface area contributed by atoms with Crippen molar-refractivity contribution in [2.45, 2.75) is 76.2 Å². The largest absolute Gasteiger partial charge is 0.455 e. The molecule has 2 radical (unpaired) electrons. The second-order valence-corrected chi connectivity index (χ2v) is 13.7. The van der Waals surface area contributed by atoms with Crippen LogP contribution >= 0.6 is 24.0 Å². The van der Waals surface area contributed by atoms with E-state index in [0.29, 0.717) is 9.77 Å². The maximum atomic E-state index is 14.5. The summed E-state index contributed by atoms with van der Waals surface area (Å²) in [7, 11) is 0. The van der Waals surface area contributed by atoms with Crippen molar-refractivity contribution in [1.29, 1.82) is 0 Å². The number of rotatable bonds is 3. The third-order valence-corrected chi connectivity index (χ3v) is 11.6. The Balaban J connectivity index is 0.00000231. The minimum Gasteiger partial charge on any atom is -0.455 e. The summed E-state index contributed by atoms with van der Waals surface area (Å²) in [6.07, 6.45) is -3.24. The van der Waals surface area contributed by atoms with Crippen LogP contribution in [-0.2, 0) is 14.3 Å². The average molecular weight is 1030 g/mol. The van der Waals surface area contributed by atoms with Crippen molar-refractivity contribution < 1.29 is 128 Å². The van der Waals surface area contributed by atoms with Crippen LogP contribution in [0.2, 0.25) is 0 Å². The van der Waals surface area contributed by atoms with Gasteiger partial charge in [0.2, 0.25) is 0 Å². The van der Waals surface area contributed by atoms with Gasteiger partial charge in [0.05, 0.1) is 28.6 Å². The molecule has 4 aliphatic rings. The minimum atomic E-state index is -1.97. The van der Waals surface area contributed by atoms with E-state index in [2.05, 4.69) is 0 Å². The van der Waals surface area contributed by atoms with Gasteiger partial charge in [0.1, 0.15) is 23.4 Å². The Labute approximate surface area is 321 Å². The Morgan fingerprint density at radius 2 is 1.73 bits per heavy atom. The van der Waals surface area contributed by atoms with Crippen molar-refractivity contribution in [3.63, 3.8) is 0 Å². The molecule has 0 aromatic heterocycles. The number of carbonyl (C=O) groups is 2. The molecule has 9 atom stereocenters. The predicted octanol–water partition coefficient (Wildman–Crippen LogP) is 2.46. The first-order valence-electron chi connectivity index (χ1n) is 13.2. The summed E-state index contributed by atoms with van der Waals surface area (Å²) in [6.45, 7) is 6.49. The molecule has 1 saturated heterocycles. The number of ketones is 1. The Morgan fingerprint density at radius 3 is 2.27 bits per heavy atom. The number of esters is 1. The second kappa shape index (κ2) is 12.8. The smallest absolute Gasteiger partial charge is 0.338 e. The maximum Gasteiger partial charge on any atom is 0.338 e. The third kappa shape index (κ3) is 5.32. The average Bonchev–Trinajstić information content (AvgIpc) is 2.89. The molecule has 2 saturated carbocycles. The van der Waals surface area contributed by atoms with Gasteiger partial charge in [0, 0.05) is 117 Å². The number of aliphatic hydroxyl groups excluding tert-OH is 2. The van der Waals surface area contributed by atoms with Gasteiger partial charge in [-0.3, -0.25) is 4.79 Å². The van der Waals surface area contributed by atoms with Gasteiger partial charge in [0.15, 0.2) is 5.78 Å². The number of ether oxygens (including phenoxy) is 2. The van der Waals surface area contributed by atoms with E-state index in [1.165, 1.54) is 11.8 Å². The minimum absolute atomic E-state index is 0. The Kier molecular flexibility index (Phi) is 11.4. The number of hydrogen-bond donors (Lipinski definition) is 4. The molecule has 2 bridgehead atoms. The Morgan fingerprint density at radius 1 is 1.12 bits per heavy atom. The van der Waals surface area contributed by atoms with Crippen LogP contribution in [0.15, 0.2) is 41.5 Å². The third-order valence-electron chi connectivity index (χ3n) is 10.2.